The summed E-state index contributed by atoms with van der Waals surface area (Å²) in [5.74, 6) is 1.70. The van der Waals surface area contributed by atoms with Crippen LogP contribution in [-0.2, 0) is 4.79 Å². The molecule has 1 aromatic carbocycles. The number of carbonyl (C=O) groups excluding carboxylic acids is 1. The summed E-state index contributed by atoms with van der Waals surface area (Å²) < 4.78 is 1.08. The molecule has 0 saturated heterocycles. The average molecular weight is 313 g/mol. The van der Waals surface area contributed by atoms with Crippen molar-refractivity contribution < 1.29 is 4.79 Å². The number of rotatable bonds is 5. The van der Waals surface area contributed by atoms with Gasteiger partial charge in [0.1, 0.15) is 5.78 Å². The number of Topliss-reactive ketones (excluding diaryl/α,β-unsaturated/α-hetero) is 1. The molecule has 0 N–H and O–H groups in total. The highest BCUT2D eigenvalue weighted by atomic mass is 79.9. The lowest BCUT2D eigenvalue weighted by molar-refractivity contribution is -0.117. The Balaban J connectivity index is 1.73. The van der Waals surface area contributed by atoms with E-state index >= 15 is 0 Å². The minimum absolute atomic E-state index is 0.407. The third kappa shape index (κ3) is 4.47. The van der Waals surface area contributed by atoms with E-state index < -0.39 is 0 Å². The van der Waals surface area contributed by atoms with Crippen LogP contribution in [-0.4, -0.2) is 11.5 Å². The Bertz CT molecular complexity index is 368. The maximum absolute atomic E-state index is 11.8. The molecule has 1 saturated carbocycles. The quantitative estimate of drug-likeness (QED) is 0.734. The second-order valence-corrected chi connectivity index (χ2v) is 6.60. The van der Waals surface area contributed by atoms with Crippen molar-refractivity contribution in [3.05, 3.63) is 28.7 Å². The van der Waals surface area contributed by atoms with Gasteiger partial charge < -0.3 is 0 Å². The lowest BCUT2D eigenvalue weighted by Gasteiger charge is -2.07. The fourth-order valence-electron chi connectivity index (χ4n) is 2.29. The molecule has 92 valence electrons. The molecule has 0 atom stereocenters. The third-order valence-electron chi connectivity index (χ3n) is 3.20. The average Bonchev–Trinajstić information content (AvgIpc) is 2.81. The summed E-state index contributed by atoms with van der Waals surface area (Å²) in [4.78, 5) is 13.0. The van der Waals surface area contributed by atoms with Gasteiger partial charge in [0.15, 0.2) is 0 Å². The van der Waals surface area contributed by atoms with Gasteiger partial charge in [0.05, 0.1) is 5.75 Å². The first-order valence-corrected chi connectivity index (χ1v) is 7.92. The molecule has 1 fully saturated rings. The van der Waals surface area contributed by atoms with E-state index in [2.05, 4.69) is 28.1 Å². The molecule has 0 aromatic heterocycles. The van der Waals surface area contributed by atoms with Gasteiger partial charge >= 0.3 is 0 Å². The number of carbonyl (C=O) groups is 1. The number of hydrogen-bond acceptors (Lipinski definition) is 2. The van der Waals surface area contributed by atoms with E-state index in [0.29, 0.717) is 17.5 Å². The Kier molecular flexibility index (Phi) is 5.11. The molecule has 0 spiro atoms. The summed E-state index contributed by atoms with van der Waals surface area (Å²) in [5.41, 5.74) is 0. The number of halogens is 1. The zero-order chi connectivity index (χ0) is 12.1. The van der Waals surface area contributed by atoms with Crippen LogP contribution in [0.5, 0.6) is 0 Å². The Morgan fingerprint density at radius 2 is 1.88 bits per heavy atom. The van der Waals surface area contributed by atoms with Crippen molar-refractivity contribution in [2.75, 3.05) is 5.75 Å². The molecular weight excluding hydrogens is 296 g/mol. The SMILES string of the molecule is O=C(CSc1ccc(Br)cc1)CC1CCCC1. The largest absolute Gasteiger partial charge is 0.299 e. The number of thioether (sulfide) groups is 1. The minimum atomic E-state index is 0.407. The van der Waals surface area contributed by atoms with Crippen LogP contribution in [0.2, 0.25) is 0 Å². The highest BCUT2D eigenvalue weighted by Gasteiger charge is 2.18. The molecule has 0 unspecified atom stereocenters. The van der Waals surface area contributed by atoms with Gasteiger partial charge in [-0.25, -0.2) is 0 Å². The standard InChI is InChI=1S/C14H17BrOS/c15-12-5-7-14(8-6-12)17-10-13(16)9-11-3-1-2-4-11/h5-8,11H,1-4,9-10H2. The van der Waals surface area contributed by atoms with E-state index in [0.717, 1.165) is 10.9 Å². The number of benzene rings is 1. The molecule has 3 heteroatoms. The summed E-state index contributed by atoms with van der Waals surface area (Å²) in [5, 5.41) is 0. The Hall–Kier alpha value is -0.280. The Labute approximate surface area is 115 Å². The summed E-state index contributed by atoms with van der Waals surface area (Å²) in [6.07, 6.45) is 5.95. The highest BCUT2D eigenvalue weighted by molar-refractivity contribution is 9.10. The van der Waals surface area contributed by atoms with Gasteiger partial charge in [0.2, 0.25) is 0 Å². The van der Waals surface area contributed by atoms with Gasteiger partial charge in [-0.1, -0.05) is 41.6 Å². The summed E-state index contributed by atoms with van der Waals surface area (Å²) in [6.45, 7) is 0. The van der Waals surface area contributed by atoms with Crippen LogP contribution in [0.15, 0.2) is 33.6 Å². The second-order valence-electron chi connectivity index (χ2n) is 4.64. The molecule has 1 nitrogen and oxygen atoms in total. The molecule has 2 rings (SSSR count). The van der Waals surface area contributed by atoms with Crippen molar-refractivity contribution in [3.63, 3.8) is 0 Å². The topological polar surface area (TPSA) is 17.1 Å². The highest BCUT2D eigenvalue weighted by Crippen LogP contribution is 2.29. The van der Waals surface area contributed by atoms with Gasteiger partial charge in [0, 0.05) is 15.8 Å². The molecule has 17 heavy (non-hydrogen) atoms. The number of ketones is 1. The van der Waals surface area contributed by atoms with E-state index in [1.165, 1.54) is 30.6 Å². The van der Waals surface area contributed by atoms with Crippen LogP contribution in [0.4, 0.5) is 0 Å². The van der Waals surface area contributed by atoms with E-state index in [-0.39, 0.29) is 0 Å². The fourth-order valence-corrected chi connectivity index (χ4v) is 3.33. The van der Waals surface area contributed by atoms with Crippen LogP contribution in [0.1, 0.15) is 32.1 Å². The van der Waals surface area contributed by atoms with Crippen molar-refractivity contribution >= 4 is 33.5 Å². The molecule has 0 bridgehead atoms. The molecule has 1 aromatic rings. The van der Waals surface area contributed by atoms with E-state index in [4.69, 9.17) is 0 Å². The molecular formula is C14H17BrOS. The maximum Gasteiger partial charge on any atom is 0.143 e. The minimum Gasteiger partial charge on any atom is -0.299 e. The van der Waals surface area contributed by atoms with Gasteiger partial charge in [0.25, 0.3) is 0 Å². The van der Waals surface area contributed by atoms with Crippen LogP contribution in [0, 0.1) is 5.92 Å². The number of hydrogen-bond donors (Lipinski definition) is 0. The first-order chi connectivity index (χ1) is 8.24. The molecule has 0 aliphatic heterocycles. The summed E-state index contributed by atoms with van der Waals surface area (Å²) in [7, 11) is 0. The molecule has 0 amide bonds. The Morgan fingerprint density at radius 3 is 2.53 bits per heavy atom. The molecule has 1 aliphatic rings. The monoisotopic (exact) mass is 312 g/mol. The normalized spacial score (nSPS) is 16.3. The van der Waals surface area contributed by atoms with Crippen LogP contribution < -0.4 is 0 Å². The molecule has 0 radical (unpaired) electrons. The zero-order valence-electron chi connectivity index (χ0n) is 9.82. The van der Waals surface area contributed by atoms with Crippen LogP contribution in [0.25, 0.3) is 0 Å². The van der Waals surface area contributed by atoms with E-state index in [1.54, 1.807) is 11.8 Å². The van der Waals surface area contributed by atoms with Gasteiger partial charge in [-0.2, -0.15) is 0 Å². The first kappa shape index (κ1) is 13.2. The van der Waals surface area contributed by atoms with Crippen molar-refractivity contribution in [1.82, 2.24) is 0 Å². The van der Waals surface area contributed by atoms with Gasteiger partial charge in [-0.3, -0.25) is 4.79 Å². The molecule has 0 heterocycles. The first-order valence-electron chi connectivity index (χ1n) is 6.14. The van der Waals surface area contributed by atoms with Crippen LogP contribution in [0.3, 0.4) is 0 Å². The predicted molar refractivity (Wildman–Crippen MR) is 76.4 cm³/mol. The van der Waals surface area contributed by atoms with Crippen molar-refractivity contribution in [2.45, 2.75) is 37.0 Å². The van der Waals surface area contributed by atoms with Crippen molar-refractivity contribution in [1.29, 1.82) is 0 Å². The predicted octanol–water partition coefficient (Wildman–Crippen LogP) is 4.69. The lowest BCUT2D eigenvalue weighted by atomic mass is 10.0. The zero-order valence-corrected chi connectivity index (χ0v) is 12.2. The van der Waals surface area contributed by atoms with E-state index in [9.17, 15) is 4.79 Å². The fraction of sp³-hybridized carbons (Fsp3) is 0.500. The van der Waals surface area contributed by atoms with Crippen LogP contribution >= 0.6 is 27.7 Å². The third-order valence-corrected chi connectivity index (χ3v) is 4.81. The van der Waals surface area contributed by atoms with Crippen molar-refractivity contribution in [2.24, 2.45) is 5.92 Å². The summed E-state index contributed by atoms with van der Waals surface area (Å²) >= 11 is 5.06. The van der Waals surface area contributed by atoms with Gasteiger partial charge in [-0.15, -0.1) is 11.8 Å². The maximum atomic E-state index is 11.8. The lowest BCUT2D eigenvalue weighted by Crippen LogP contribution is -2.07. The van der Waals surface area contributed by atoms with Crippen molar-refractivity contribution in [3.8, 4) is 0 Å². The van der Waals surface area contributed by atoms with E-state index in [1.807, 2.05) is 12.1 Å². The van der Waals surface area contributed by atoms with Gasteiger partial charge in [-0.05, 0) is 30.2 Å². The second kappa shape index (κ2) is 6.60. The Morgan fingerprint density at radius 1 is 1.24 bits per heavy atom. The smallest absolute Gasteiger partial charge is 0.143 e. The summed E-state index contributed by atoms with van der Waals surface area (Å²) in [6, 6.07) is 8.14. The molecule has 1 aliphatic carbocycles.